The molecule has 1 aromatic rings. The van der Waals surface area contributed by atoms with Gasteiger partial charge in [0.2, 0.25) is 9.84 Å². The maximum atomic E-state index is 12.4. The summed E-state index contributed by atoms with van der Waals surface area (Å²) in [6.07, 6.45) is 4.24. The van der Waals surface area contributed by atoms with Crippen LogP contribution in [0, 0.1) is 0 Å². The molecule has 0 amide bonds. The molecule has 0 unspecified atom stereocenters. The normalized spacial score (nSPS) is 23.2. The Bertz CT molecular complexity index is 553. The maximum absolute atomic E-state index is 12.4. The third-order valence-corrected chi connectivity index (χ3v) is 5.32. The molecule has 2 N–H and O–H groups in total. The van der Waals surface area contributed by atoms with E-state index in [0.717, 1.165) is 31.4 Å². The number of hydrogen-bond donors (Lipinski definition) is 2. The largest absolute Gasteiger partial charge is 0.382 e. The molecule has 1 saturated carbocycles. The van der Waals surface area contributed by atoms with Crippen molar-refractivity contribution < 1.29 is 17.2 Å². The zero-order chi connectivity index (χ0) is 15.5. The molecular formula is C14H20F2N2O2S. The Kier molecular flexibility index (Phi) is 5.16. The summed E-state index contributed by atoms with van der Waals surface area (Å²) in [5.74, 6) is -3.38. The zero-order valence-corrected chi connectivity index (χ0v) is 12.7. The average Bonchev–Trinajstić information content (AvgIpc) is 2.48. The number of sulfone groups is 1. The summed E-state index contributed by atoms with van der Waals surface area (Å²) in [4.78, 5) is -0.345. The highest BCUT2D eigenvalue weighted by molar-refractivity contribution is 7.91. The number of hydrogen-bond acceptors (Lipinski definition) is 4. The van der Waals surface area contributed by atoms with Crippen molar-refractivity contribution in [2.75, 3.05) is 12.4 Å². The van der Waals surface area contributed by atoms with Crippen molar-refractivity contribution in [2.45, 2.75) is 48.4 Å². The second-order valence-electron chi connectivity index (χ2n) is 5.31. The Hall–Kier alpha value is -1.21. The zero-order valence-electron chi connectivity index (χ0n) is 11.9. The van der Waals surface area contributed by atoms with E-state index in [9.17, 15) is 17.2 Å². The van der Waals surface area contributed by atoms with Crippen molar-refractivity contribution in [1.82, 2.24) is 5.32 Å². The van der Waals surface area contributed by atoms with Crippen LogP contribution in [0.4, 0.5) is 14.5 Å². The molecule has 4 nitrogen and oxygen atoms in total. The first-order chi connectivity index (χ1) is 9.93. The Morgan fingerprint density at radius 1 is 1.05 bits per heavy atom. The van der Waals surface area contributed by atoms with Gasteiger partial charge in [-0.15, -0.1) is 0 Å². The summed E-state index contributed by atoms with van der Waals surface area (Å²) in [5.41, 5.74) is 0.760. The van der Waals surface area contributed by atoms with Gasteiger partial charge in [0.25, 0.3) is 0 Å². The van der Waals surface area contributed by atoms with Crippen molar-refractivity contribution in [2.24, 2.45) is 0 Å². The van der Waals surface area contributed by atoms with Crippen LogP contribution in [-0.4, -0.2) is 33.3 Å². The van der Waals surface area contributed by atoms with Crippen LogP contribution in [0.5, 0.6) is 0 Å². The molecule has 0 saturated heterocycles. The highest BCUT2D eigenvalue weighted by atomic mass is 32.2. The molecule has 21 heavy (non-hydrogen) atoms. The molecule has 2 rings (SSSR count). The first-order valence-electron chi connectivity index (χ1n) is 6.99. The van der Waals surface area contributed by atoms with Crippen LogP contribution in [0.3, 0.4) is 0 Å². The minimum absolute atomic E-state index is 0.340. The number of benzene rings is 1. The number of nitrogens with one attached hydrogen (secondary N) is 2. The Morgan fingerprint density at radius 2 is 1.57 bits per heavy atom. The second-order valence-corrected chi connectivity index (χ2v) is 7.23. The predicted octanol–water partition coefficient (Wildman–Crippen LogP) is 2.63. The molecule has 0 aromatic heterocycles. The smallest absolute Gasteiger partial charge is 0.341 e. The van der Waals surface area contributed by atoms with E-state index in [0.29, 0.717) is 12.1 Å². The lowest BCUT2D eigenvalue weighted by molar-refractivity contribution is 0.234. The molecule has 0 heterocycles. The summed E-state index contributed by atoms with van der Waals surface area (Å²) >= 11 is 0. The van der Waals surface area contributed by atoms with Crippen molar-refractivity contribution >= 4 is 15.5 Å². The van der Waals surface area contributed by atoms with E-state index in [1.807, 2.05) is 7.05 Å². The van der Waals surface area contributed by atoms with Gasteiger partial charge < -0.3 is 10.6 Å². The standard InChI is InChI=1S/C14H20F2N2O2S/c1-17-10-2-4-11(5-3-10)18-12-6-8-13(9-7-12)21(19,20)14(15)16/h6-11,14,17-18H,2-5H2,1H3. The van der Waals surface area contributed by atoms with Crippen LogP contribution < -0.4 is 10.6 Å². The summed E-state index contributed by atoms with van der Waals surface area (Å²) in [5, 5.41) is 6.58. The molecule has 118 valence electrons. The topological polar surface area (TPSA) is 58.2 Å². The molecular weight excluding hydrogens is 298 g/mol. The molecule has 0 radical (unpaired) electrons. The van der Waals surface area contributed by atoms with Gasteiger partial charge in [0.05, 0.1) is 4.90 Å². The first-order valence-corrected chi connectivity index (χ1v) is 8.54. The van der Waals surface area contributed by atoms with E-state index in [-0.39, 0.29) is 4.90 Å². The number of anilines is 1. The molecule has 1 fully saturated rings. The van der Waals surface area contributed by atoms with Crippen LogP contribution in [0.1, 0.15) is 25.7 Å². The minimum Gasteiger partial charge on any atom is -0.382 e. The van der Waals surface area contributed by atoms with Crippen molar-refractivity contribution in [3.05, 3.63) is 24.3 Å². The fraction of sp³-hybridized carbons (Fsp3) is 0.571. The van der Waals surface area contributed by atoms with Gasteiger partial charge in [0.1, 0.15) is 0 Å². The van der Waals surface area contributed by atoms with Crippen LogP contribution in [0.25, 0.3) is 0 Å². The third kappa shape index (κ3) is 3.91. The van der Waals surface area contributed by atoms with Crippen LogP contribution in [0.15, 0.2) is 29.2 Å². The number of alkyl halides is 2. The fourth-order valence-corrected chi connectivity index (χ4v) is 3.33. The van der Waals surface area contributed by atoms with Gasteiger partial charge in [-0.25, -0.2) is 8.42 Å². The predicted molar refractivity (Wildman–Crippen MR) is 78.4 cm³/mol. The number of halogens is 2. The summed E-state index contributed by atoms with van der Waals surface area (Å²) < 4.78 is 47.5. The van der Waals surface area contributed by atoms with Gasteiger partial charge in [0, 0.05) is 17.8 Å². The Labute approximate surface area is 123 Å². The lowest BCUT2D eigenvalue weighted by atomic mass is 9.91. The molecule has 1 aliphatic rings. The molecule has 7 heteroatoms. The molecule has 0 atom stereocenters. The molecule has 1 aromatic carbocycles. The van der Waals surface area contributed by atoms with Gasteiger partial charge >= 0.3 is 5.76 Å². The van der Waals surface area contributed by atoms with Gasteiger partial charge in [-0.1, -0.05) is 0 Å². The monoisotopic (exact) mass is 318 g/mol. The van der Waals surface area contributed by atoms with Crippen LogP contribution in [0.2, 0.25) is 0 Å². The van der Waals surface area contributed by atoms with Crippen molar-refractivity contribution in [3.63, 3.8) is 0 Å². The summed E-state index contributed by atoms with van der Waals surface area (Å²) in [6, 6.07) is 6.43. The SMILES string of the molecule is CNC1CCC(Nc2ccc(S(=O)(=O)C(F)F)cc2)CC1. The molecule has 1 aliphatic carbocycles. The number of rotatable bonds is 5. The molecule has 0 aliphatic heterocycles. The Balaban J connectivity index is 1.97. The van der Waals surface area contributed by atoms with Gasteiger partial charge in [-0.05, 0) is 57.0 Å². The van der Waals surface area contributed by atoms with Gasteiger partial charge in [-0.2, -0.15) is 8.78 Å². The van der Waals surface area contributed by atoms with E-state index in [2.05, 4.69) is 10.6 Å². The Morgan fingerprint density at radius 3 is 2.05 bits per heavy atom. The van der Waals surface area contributed by atoms with E-state index in [1.54, 1.807) is 12.1 Å². The first kappa shape index (κ1) is 16.2. The van der Waals surface area contributed by atoms with Gasteiger partial charge in [-0.3, -0.25) is 0 Å². The summed E-state index contributed by atoms with van der Waals surface area (Å²) in [6.45, 7) is 0. The second kappa shape index (κ2) is 6.70. The van der Waals surface area contributed by atoms with Crippen LogP contribution in [-0.2, 0) is 9.84 Å². The van der Waals surface area contributed by atoms with Crippen molar-refractivity contribution in [3.8, 4) is 0 Å². The van der Waals surface area contributed by atoms with E-state index < -0.39 is 15.6 Å². The maximum Gasteiger partial charge on any atom is 0.341 e. The van der Waals surface area contributed by atoms with Crippen molar-refractivity contribution in [1.29, 1.82) is 0 Å². The highest BCUT2D eigenvalue weighted by Crippen LogP contribution is 2.24. The van der Waals surface area contributed by atoms with E-state index in [4.69, 9.17) is 0 Å². The summed E-state index contributed by atoms with van der Waals surface area (Å²) in [7, 11) is -2.55. The third-order valence-electron chi connectivity index (χ3n) is 3.92. The lowest BCUT2D eigenvalue weighted by Crippen LogP contribution is -2.34. The fourth-order valence-electron chi connectivity index (χ4n) is 2.61. The van der Waals surface area contributed by atoms with E-state index in [1.165, 1.54) is 12.1 Å². The highest BCUT2D eigenvalue weighted by Gasteiger charge is 2.26. The lowest BCUT2D eigenvalue weighted by Gasteiger charge is -2.29. The quantitative estimate of drug-likeness (QED) is 0.876. The minimum atomic E-state index is -4.51. The van der Waals surface area contributed by atoms with Gasteiger partial charge in [0.15, 0.2) is 0 Å². The average molecular weight is 318 g/mol. The molecule has 0 spiro atoms. The molecule has 0 bridgehead atoms. The van der Waals surface area contributed by atoms with E-state index >= 15 is 0 Å². The van der Waals surface area contributed by atoms with Crippen LogP contribution >= 0.6 is 0 Å².